The van der Waals surface area contributed by atoms with Crippen molar-refractivity contribution in [1.82, 2.24) is 15.5 Å². The van der Waals surface area contributed by atoms with E-state index in [9.17, 15) is 9.59 Å². The summed E-state index contributed by atoms with van der Waals surface area (Å²) < 4.78 is 0. The predicted octanol–water partition coefficient (Wildman–Crippen LogP) is 3.20. The lowest BCUT2D eigenvalue weighted by Crippen LogP contribution is -2.61. The molecule has 1 aromatic carbocycles. The third kappa shape index (κ3) is 6.06. The molecule has 5 nitrogen and oxygen atoms in total. The molecule has 2 amide bonds. The molecule has 1 rings (SSSR count). The molecule has 1 aromatic rings. The molecule has 28 heavy (non-hydrogen) atoms. The van der Waals surface area contributed by atoms with Crippen LogP contribution < -0.4 is 10.6 Å². The second kappa shape index (κ2) is 9.55. The number of carbonyl (C=O) groups is 2. The van der Waals surface area contributed by atoms with Gasteiger partial charge in [0.25, 0.3) is 0 Å². The van der Waals surface area contributed by atoms with Crippen LogP contribution in [0.4, 0.5) is 0 Å². The van der Waals surface area contributed by atoms with Crippen molar-refractivity contribution in [2.45, 2.75) is 66.0 Å². The maximum atomic E-state index is 13.3. The third-order valence-electron chi connectivity index (χ3n) is 5.21. The molecule has 0 spiro atoms. The van der Waals surface area contributed by atoms with Crippen LogP contribution in [-0.4, -0.2) is 49.4 Å². The summed E-state index contributed by atoms with van der Waals surface area (Å²) in [5, 5.41) is 6.21. The van der Waals surface area contributed by atoms with Gasteiger partial charge < -0.3 is 15.5 Å². The summed E-state index contributed by atoms with van der Waals surface area (Å²) in [6.07, 6.45) is 0. The van der Waals surface area contributed by atoms with Crippen LogP contribution in [0.15, 0.2) is 30.3 Å². The largest absolute Gasteiger partial charge is 0.344 e. The van der Waals surface area contributed by atoms with Gasteiger partial charge in [0.1, 0.15) is 6.04 Å². The summed E-state index contributed by atoms with van der Waals surface area (Å²) in [5.74, 6) is 0.150. The van der Waals surface area contributed by atoms with E-state index in [4.69, 9.17) is 0 Å². The van der Waals surface area contributed by atoms with Gasteiger partial charge in [0.05, 0.1) is 6.04 Å². The minimum Gasteiger partial charge on any atom is -0.344 e. The van der Waals surface area contributed by atoms with Gasteiger partial charge >= 0.3 is 0 Å². The minimum atomic E-state index is -0.592. The molecule has 0 aliphatic carbocycles. The molecule has 0 heterocycles. The van der Waals surface area contributed by atoms with Crippen LogP contribution in [0.3, 0.4) is 0 Å². The maximum Gasteiger partial charge on any atom is 0.245 e. The van der Waals surface area contributed by atoms with E-state index in [0.717, 1.165) is 5.56 Å². The molecular weight excluding hydrogens is 350 g/mol. The molecule has 2 N–H and O–H groups in total. The first-order valence-corrected chi connectivity index (χ1v) is 10.1. The smallest absolute Gasteiger partial charge is 0.245 e. The highest BCUT2D eigenvalue weighted by Crippen LogP contribution is 2.28. The number of hydrogen-bond acceptors (Lipinski definition) is 3. The minimum absolute atomic E-state index is 0.0538. The first-order valence-electron chi connectivity index (χ1n) is 10.1. The van der Waals surface area contributed by atoms with Crippen molar-refractivity contribution in [3.63, 3.8) is 0 Å². The van der Waals surface area contributed by atoms with Gasteiger partial charge in [-0.2, -0.15) is 0 Å². The lowest BCUT2D eigenvalue weighted by atomic mass is 9.76. The molecule has 0 radical (unpaired) electrons. The summed E-state index contributed by atoms with van der Waals surface area (Å²) in [7, 11) is 3.59. The molecule has 0 aliphatic heterocycles. The van der Waals surface area contributed by atoms with Crippen LogP contribution in [0.1, 0.15) is 54.0 Å². The van der Waals surface area contributed by atoms with E-state index in [1.54, 1.807) is 19.0 Å². The predicted molar refractivity (Wildman–Crippen MR) is 116 cm³/mol. The molecule has 0 bridgehead atoms. The van der Waals surface area contributed by atoms with Gasteiger partial charge in [0.2, 0.25) is 11.8 Å². The zero-order valence-electron chi connectivity index (χ0n) is 19.1. The number of rotatable bonds is 8. The highest BCUT2D eigenvalue weighted by Gasteiger charge is 2.40. The molecule has 0 aromatic heterocycles. The van der Waals surface area contributed by atoms with Crippen LogP contribution in [0.25, 0.3) is 0 Å². The topological polar surface area (TPSA) is 61.4 Å². The Balaban J connectivity index is 3.10. The van der Waals surface area contributed by atoms with E-state index in [-0.39, 0.29) is 11.8 Å². The Morgan fingerprint density at radius 1 is 1.00 bits per heavy atom. The summed E-state index contributed by atoms with van der Waals surface area (Å²) >= 11 is 0. The average Bonchev–Trinajstić information content (AvgIpc) is 2.58. The number of likely N-dealkylation sites (N-methyl/N-ethyl adjacent to an activating group) is 2. The fourth-order valence-electron chi connectivity index (χ4n) is 3.59. The van der Waals surface area contributed by atoms with Gasteiger partial charge in [-0.15, -0.1) is 0 Å². The van der Waals surface area contributed by atoms with E-state index < -0.39 is 22.9 Å². The Hall–Kier alpha value is -1.88. The number of nitrogens with one attached hydrogen (secondary N) is 2. The van der Waals surface area contributed by atoms with Gasteiger partial charge in [-0.1, -0.05) is 78.8 Å². The highest BCUT2D eigenvalue weighted by molar-refractivity contribution is 5.91. The maximum absolute atomic E-state index is 13.3. The second-order valence-electron chi connectivity index (χ2n) is 9.73. The van der Waals surface area contributed by atoms with Crippen molar-refractivity contribution in [3.05, 3.63) is 35.9 Å². The molecule has 5 heteroatoms. The van der Waals surface area contributed by atoms with Crippen molar-refractivity contribution >= 4 is 11.8 Å². The van der Waals surface area contributed by atoms with Crippen molar-refractivity contribution in [2.75, 3.05) is 20.6 Å². The van der Waals surface area contributed by atoms with E-state index >= 15 is 0 Å². The summed E-state index contributed by atoms with van der Waals surface area (Å²) in [5.41, 5.74) is 0.239. The van der Waals surface area contributed by atoms with Crippen molar-refractivity contribution in [3.8, 4) is 0 Å². The summed E-state index contributed by atoms with van der Waals surface area (Å²) in [6.45, 7) is 14.8. The Kier molecular flexibility index (Phi) is 8.24. The Labute approximate surface area is 171 Å². The Morgan fingerprint density at radius 2 is 1.54 bits per heavy atom. The van der Waals surface area contributed by atoms with E-state index in [1.807, 2.05) is 65.0 Å². The van der Waals surface area contributed by atoms with Crippen LogP contribution in [0.2, 0.25) is 0 Å². The highest BCUT2D eigenvalue weighted by atomic mass is 16.2. The zero-order chi connectivity index (χ0) is 21.7. The molecule has 0 unspecified atom stereocenters. The Bertz CT molecular complexity index is 648. The zero-order valence-corrected chi connectivity index (χ0v) is 19.1. The monoisotopic (exact) mass is 389 g/mol. The fourth-order valence-corrected chi connectivity index (χ4v) is 3.59. The molecule has 2 atom stereocenters. The molecule has 158 valence electrons. The molecule has 0 saturated carbocycles. The molecule has 0 saturated heterocycles. The van der Waals surface area contributed by atoms with Crippen molar-refractivity contribution < 1.29 is 9.59 Å². The summed E-state index contributed by atoms with van der Waals surface area (Å²) in [6, 6.07) is 8.91. The number of benzene rings is 1. The molecule has 0 fully saturated rings. The third-order valence-corrected chi connectivity index (χ3v) is 5.21. The van der Waals surface area contributed by atoms with E-state index in [1.165, 1.54) is 0 Å². The quantitative estimate of drug-likeness (QED) is 0.718. The van der Waals surface area contributed by atoms with Gasteiger partial charge in [-0.05, 0) is 23.9 Å². The normalized spacial score (nSPS) is 14.5. The van der Waals surface area contributed by atoms with Crippen LogP contribution in [-0.2, 0) is 15.0 Å². The van der Waals surface area contributed by atoms with Crippen LogP contribution in [0, 0.1) is 11.3 Å². The van der Waals surface area contributed by atoms with Gasteiger partial charge in [0, 0.05) is 19.0 Å². The SMILES string of the molecule is CN[C@H](C(=O)N[C@H](C(=O)N(C)CC(C)C)C(C)(C)C)C(C)(C)c1ccccc1. The first-order chi connectivity index (χ1) is 12.8. The van der Waals surface area contributed by atoms with Crippen LogP contribution in [0.5, 0.6) is 0 Å². The first kappa shape index (κ1) is 24.2. The number of amides is 2. The van der Waals surface area contributed by atoms with E-state index in [2.05, 4.69) is 24.5 Å². The van der Waals surface area contributed by atoms with Gasteiger partial charge in [-0.3, -0.25) is 9.59 Å². The molecular formula is C23H39N3O2. The lowest BCUT2D eigenvalue weighted by molar-refractivity contribution is -0.139. The second-order valence-corrected chi connectivity index (χ2v) is 9.73. The fraction of sp³-hybridized carbons (Fsp3) is 0.652. The lowest BCUT2D eigenvalue weighted by Gasteiger charge is -2.38. The van der Waals surface area contributed by atoms with E-state index in [0.29, 0.717) is 12.5 Å². The van der Waals surface area contributed by atoms with Gasteiger partial charge in [0.15, 0.2) is 0 Å². The van der Waals surface area contributed by atoms with Gasteiger partial charge in [-0.25, -0.2) is 0 Å². The van der Waals surface area contributed by atoms with Crippen molar-refractivity contribution in [2.24, 2.45) is 11.3 Å². The average molecular weight is 390 g/mol. The number of carbonyl (C=O) groups excluding carboxylic acids is 2. The number of hydrogen-bond donors (Lipinski definition) is 2. The Morgan fingerprint density at radius 3 is 1.96 bits per heavy atom. The summed E-state index contributed by atoms with van der Waals surface area (Å²) in [4.78, 5) is 28.1. The van der Waals surface area contributed by atoms with Crippen molar-refractivity contribution in [1.29, 1.82) is 0 Å². The molecule has 0 aliphatic rings. The standard InChI is InChI=1S/C23H39N3O2/c1-16(2)15-26(9)21(28)19(22(3,4)5)25-20(27)18(24-8)23(6,7)17-13-11-10-12-14-17/h10-14,16,18-19,24H,15H2,1-9H3,(H,25,27)/t18-,19-/m1/s1. The van der Waals surface area contributed by atoms with Crippen LogP contribution >= 0.6 is 0 Å². The number of nitrogens with zero attached hydrogens (tertiary/aromatic N) is 1.